The number of carbonyl (C=O) groups is 1. The van der Waals surface area contributed by atoms with E-state index in [9.17, 15) is 4.79 Å². The summed E-state index contributed by atoms with van der Waals surface area (Å²) in [5, 5.41) is 3.66. The second kappa shape index (κ2) is 6.46. The first-order valence-electron chi connectivity index (χ1n) is 6.16. The summed E-state index contributed by atoms with van der Waals surface area (Å²) in [6.07, 6.45) is 2.32. The van der Waals surface area contributed by atoms with Gasteiger partial charge in [-0.2, -0.15) is 0 Å². The van der Waals surface area contributed by atoms with Crippen molar-refractivity contribution in [2.24, 2.45) is 11.7 Å². The van der Waals surface area contributed by atoms with E-state index in [1.165, 1.54) is 0 Å². The molecule has 1 aliphatic rings. The van der Waals surface area contributed by atoms with Crippen LogP contribution in [0.4, 0.5) is 0 Å². The number of hydrogen-bond donors (Lipinski definition) is 2. The summed E-state index contributed by atoms with van der Waals surface area (Å²) in [5.74, 6) is 0.793. The average Bonchev–Trinajstić information content (AvgIpc) is 3.19. The van der Waals surface area contributed by atoms with Gasteiger partial charge in [0.25, 0.3) is 5.91 Å². The SMILES string of the molecule is NC(CNC(=O)COc1ccc(Cl)cc1Cl)C1CC1. The van der Waals surface area contributed by atoms with Gasteiger partial charge in [0.15, 0.2) is 6.61 Å². The highest BCUT2D eigenvalue weighted by molar-refractivity contribution is 6.35. The largest absolute Gasteiger partial charge is 0.482 e. The summed E-state index contributed by atoms with van der Waals surface area (Å²) in [5.41, 5.74) is 5.88. The first-order valence-corrected chi connectivity index (χ1v) is 6.92. The van der Waals surface area contributed by atoms with E-state index in [0.717, 1.165) is 12.8 Å². The highest BCUT2D eigenvalue weighted by Gasteiger charge is 2.28. The first-order chi connectivity index (χ1) is 9.06. The third kappa shape index (κ3) is 4.56. The molecule has 3 N–H and O–H groups in total. The first kappa shape index (κ1) is 14.4. The summed E-state index contributed by atoms with van der Waals surface area (Å²) in [6, 6.07) is 4.90. The van der Waals surface area contributed by atoms with Crippen molar-refractivity contribution < 1.29 is 9.53 Å². The topological polar surface area (TPSA) is 64.3 Å². The van der Waals surface area contributed by atoms with Crippen LogP contribution in [-0.4, -0.2) is 25.1 Å². The van der Waals surface area contributed by atoms with Crippen LogP contribution in [0.2, 0.25) is 10.0 Å². The van der Waals surface area contributed by atoms with Gasteiger partial charge in [-0.1, -0.05) is 23.2 Å². The smallest absolute Gasteiger partial charge is 0.257 e. The quantitative estimate of drug-likeness (QED) is 0.847. The molecule has 1 aromatic rings. The maximum absolute atomic E-state index is 11.6. The number of rotatable bonds is 6. The molecule has 1 unspecified atom stereocenters. The number of hydrogen-bond acceptors (Lipinski definition) is 3. The van der Waals surface area contributed by atoms with Crippen molar-refractivity contribution in [2.75, 3.05) is 13.2 Å². The Morgan fingerprint density at radius 1 is 1.47 bits per heavy atom. The fraction of sp³-hybridized carbons (Fsp3) is 0.462. The van der Waals surface area contributed by atoms with E-state index >= 15 is 0 Å². The van der Waals surface area contributed by atoms with Crippen LogP contribution < -0.4 is 15.8 Å². The summed E-state index contributed by atoms with van der Waals surface area (Å²) >= 11 is 11.7. The Morgan fingerprint density at radius 3 is 2.84 bits per heavy atom. The third-order valence-corrected chi connectivity index (χ3v) is 3.55. The molecule has 0 heterocycles. The van der Waals surface area contributed by atoms with Gasteiger partial charge in [0.2, 0.25) is 0 Å². The molecule has 0 bridgehead atoms. The van der Waals surface area contributed by atoms with Gasteiger partial charge in [0, 0.05) is 17.6 Å². The number of nitrogens with one attached hydrogen (secondary N) is 1. The number of nitrogens with two attached hydrogens (primary N) is 1. The number of halogens is 2. The predicted molar refractivity (Wildman–Crippen MR) is 75.7 cm³/mol. The van der Waals surface area contributed by atoms with Crippen molar-refractivity contribution >= 4 is 29.1 Å². The zero-order valence-electron chi connectivity index (χ0n) is 10.4. The predicted octanol–water partition coefficient (Wildman–Crippen LogP) is 2.23. The van der Waals surface area contributed by atoms with Crippen molar-refractivity contribution in [1.82, 2.24) is 5.32 Å². The fourth-order valence-electron chi connectivity index (χ4n) is 1.71. The van der Waals surface area contributed by atoms with Crippen LogP contribution in [0.25, 0.3) is 0 Å². The Balaban J connectivity index is 1.73. The van der Waals surface area contributed by atoms with Gasteiger partial charge in [-0.05, 0) is 37.0 Å². The minimum absolute atomic E-state index is 0.0445. The molecule has 1 aromatic carbocycles. The average molecular weight is 303 g/mol. The van der Waals surface area contributed by atoms with Crippen LogP contribution in [0.3, 0.4) is 0 Å². The lowest BCUT2D eigenvalue weighted by molar-refractivity contribution is -0.123. The monoisotopic (exact) mass is 302 g/mol. The zero-order chi connectivity index (χ0) is 13.8. The molecule has 1 atom stereocenters. The summed E-state index contributed by atoms with van der Waals surface area (Å²) < 4.78 is 5.32. The van der Waals surface area contributed by atoms with Crippen molar-refractivity contribution in [3.63, 3.8) is 0 Å². The van der Waals surface area contributed by atoms with E-state index in [0.29, 0.717) is 28.3 Å². The Labute approximate surface area is 122 Å². The van der Waals surface area contributed by atoms with Crippen molar-refractivity contribution in [3.8, 4) is 5.75 Å². The fourth-order valence-corrected chi connectivity index (χ4v) is 2.17. The van der Waals surface area contributed by atoms with Gasteiger partial charge in [-0.25, -0.2) is 0 Å². The van der Waals surface area contributed by atoms with Gasteiger partial charge >= 0.3 is 0 Å². The van der Waals surface area contributed by atoms with Gasteiger partial charge in [0.05, 0.1) is 5.02 Å². The van der Waals surface area contributed by atoms with Crippen molar-refractivity contribution in [3.05, 3.63) is 28.2 Å². The molecule has 1 amide bonds. The van der Waals surface area contributed by atoms with Crippen molar-refractivity contribution in [2.45, 2.75) is 18.9 Å². The molecule has 0 saturated heterocycles. The standard InChI is InChI=1S/C13H16Cl2N2O2/c14-9-3-4-12(10(15)5-9)19-7-13(18)17-6-11(16)8-1-2-8/h3-5,8,11H,1-2,6-7,16H2,(H,17,18). The number of amides is 1. The molecule has 0 spiro atoms. The Kier molecular flexibility index (Phi) is 4.91. The zero-order valence-corrected chi connectivity index (χ0v) is 11.9. The van der Waals surface area contributed by atoms with E-state index in [4.69, 9.17) is 33.7 Å². The maximum atomic E-state index is 11.6. The van der Waals surface area contributed by atoms with Gasteiger partial charge in [0.1, 0.15) is 5.75 Å². The van der Waals surface area contributed by atoms with E-state index in [1.54, 1.807) is 18.2 Å². The lowest BCUT2D eigenvalue weighted by Crippen LogP contribution is -2.40. The lowest BCUT2D eigenvalue weighted by Gasteiger charge is -2.12. The Hall–Kier alpha value is -0.970. The van der Waals surface area contributed by atoms with Gasteiger partial charge in [-0.3, -0.25) is 4.79 Å². The molecule has 2 rings (SSSR count). The minimum atomic E-state index is -0.206. The molecular formula is C13H16Cl2N2O2. The van der Waals surface area contributed by atoms with Gasteiger partial charge in [-0.15, -0.1) is 0 Å². The second-order valence-corrected chi connectivity index (χ2v) is 5.51. The van der Waals surface area contributed by atoms with Crippen molar-refractivity contribution in [1.29, 1.82) is 0 Å². The summed E-state index contributed by atoms with van der Waals surface area (Å²) in [7, 11) is 0. The minimum Gasteiger partial charge on any atom is -0.482 e. The summed E-state index contributed by atoms with van der Waals surface area (Å²) in [6.45, 7) is 0.403. The molecule has 0 radical (unpaired) electrons. The molecule has 104 valence electrons. The van der Waals surface area contributed by atoms with Crippen LogP contribution in [0, 0.1) is 5.92 Å². The number of benzene rings is 1. The van der Waals surface area contributed by atoms with E-state index in [1.807, 2.05) is 0 Å². The van der Waals surface area contributed by atoms with Crippen LogP contribution in [0.1, 0.15) is 12.8 Å². The number of ether oxygens (including phenoxy) is 1. The van der Waals surface area contributed by atoms with E-state index in [-0.39, 0.29) is 18.6 Å². The second-order valence-electron chi connectivity index (χ2n) is 4.67. The molecule has 0 aromatic heterocycles. The number of carbonyl (C=O) groups excluding carboxylic acids is 1. The molecular weight excluding hydrogens is 287 g/mol. The van der Waals surface area contributed by atoms with Gasteiger partial charge < -0.3 is 15.8 Å². The van der Waals surface area contributed by atoms with Crippen LogP contribution in [0.5, 0.6) is 5.75 Å². The molecule has 0 aliphatic heterocycles. The van der Waals surface area contributed by atoms with E-state index in [2.05, 4.69) is 5.32 Å². The lowest BCUT2D eigenvalue weighted by atomic mass is 10.2. The molecule has 1 aliphatic carbocycles. The molecule has 4 nitrogen and oxygen atoms in total. The normalized spacial score (nSPS) is 15.9. The Bertz CT molecular complexity index is 464. The molecule has 1 saturated carbocycles. The molecule has 1 fully saturated rings. The van der Waals surface area contributed by atoms with E-state index < -0.39 is 0 Å². The summed E-state index contributed by atoms with van der Waals surface area (Å²) in [4.78, 5) is 11.6. The maximum Gasteiger partial charge on any atom is 0.257 e. The third-order valence-electron chi connectivity index (χ3n) is 3.02. The highest BCUT2D eigenvalue weighted by Crippen LogP contribution is 2.31. The van der Waals surface area contributed by atoms with Crippen LogP contribution in [-0.2, 0) is 4.79 Å². The van der Waals surface area contributed by atoms with Crippen LogP contribution in [0.15, 0.2) is 18.2 Å². The molecule has 6 heteroatoms. The molecule has 19 heavy (non-hydrogen) atoms. The highest BCUT2D eigenvalue weighted by atomic mass is 35.5. The van der Waals surface area contributed by atoms with Crippen LogP contribution >= 0.6 is 23.2 Å². The Morgan fingerprint density at radius 2 is 2.21 bits per heavy atom.